The molecule has 6 heteroatoms. The number of hydrogen-bond acceptors (Lipinski definition) is 5. The van der Waals surface area contributed by atoms with Crippen molar-refractivity contribution in [2.75, 3.05) is 12.0 Å². The lowest BCUT2D eigenvalue weighted by Gasteiger charge is -2.38. The number of benzene rings is 3. The van der Waals surface area contributed by atoms with Crippen LogP contribution in [0.15, 0.2) is 97.2 Å². The third-order valence-corrected chi connectivity index (χ3v) is 6.43. The highest BCUT2D eigenvalue weighted by Crippen LogP contribution is 2.45. The topological polar surface area (TPSA) is 86.4 Å². The van der Waals surface area contributed by atoms with Crippen molar-refractivity contribution in [2.45, 2.75) is 44.6 Å². The molecule has 0 aliphatic carbocycles. The Hall–Kier alpha value is -4.55. The van der Waals surface area contributed by atoms with E-state index < -0.39 is 28.9 Å². The maximum absolute atomic E-state index is 13.3. The zero-order valence-corrected chi connectivity index (χ0v) is 22.5. The predicted molar refractivity (Wildman–Crippen MR) is 149 cm³/mol. The Labute approximate surface area is 225 Å². The van der Waals surface area contributed by atoms with Crippen molar-refractivity contribution in [3.63, 3.8) is 0 Å². The van der Waals surface area contributed by atoms with Crippen molar-refractivity contribution in [2.24, 2.45) is 5.92 Å². The zero-order chi connectivity index (χ0) is 27.8. The molecule has 3 aromatic carbocycles. The molecule has 1 amide bonds. The van der Waals surface area contributed by atoms with Gasteiger partial charge >= 0.3 is 6.09 Å². The fourth-order valence-corrected chi connectivity index (χ4v) is 4.42. The summed E-state index contributed by atoms with van der Waals surface area (Å²) in [5, 5.41) is 20.1. The molecule has 3 rings (SSSR count). The minimum absolute atomic E-state index is 0.432. The number of carbonyl (C=O) groups excluding carboxylic acids is 1. The molecular weight excluding hydrogens is 474 g/mol. The normalized spacial score (nSPS) is 13.7. The molecule has 0 spiro atoms. The van der Waals surface area contributed by atoms with Gasteiger partial charge in [-0.05, 0) is 56.2 Å². The summed E-state index contributed by atoms with van der Waals surface area (Å²) in [4.78, 5) is 14.8. The predicted octanol–water partition coefficient (Wildman–Crippen LogP) is 7.36. The smallest absolute Gasteiger partial charge is 0.418 e. The molecule has 6 nitrogen and oxygen atoms in total. The first-order valence-electron chi connectivity index (χ1n) is 12.4. The molecule has 0 N–H and O–H groups in total. The lowest BCUT2D eigenvalue weighted by Crippen LogP contribution is -2.37. The number of methoxy groups -OCH3 is 1. The van der Waals surface area contributed by atoms with E-state index in [0.29, 0.717) is 11.4 Å². The number of nitriles is 2. The van der Waals surface area contributed by atoms with Crippen LogP contribution in [0.1, 0.15) is 44.7 Å². The lowest BCUT2D eigenvalue weighted by molar-refractivity contribution is 0.0596. The summed E-state index contributed by atoms with van der Waals surface area (Å²) in [5.41, 5.74) is 0.702. The van der Waals surface area contributed by atoms with Gasteiger partial charge in [0.25, 0.3) is 0 Å². The van der Waals surface area contributed by atoms with Gasteiger partial charge in [-0.15, -0.1) is 0 Å². The van der Waals surface area contributed by atoms with Gasteiger partial charge in [-0.25, -0.2) is 4.79 Å². The van der Waals surface area contributed by atoms with Crippen LogP contribution in [0.4, 0.5) is 10.5 Å². The van der Waals surface area contributed by atoms with Crippen LogP contribution in [0.3, 0.4) is 0 Å². The Morgan fingerprint density at radius 3 is 1.92 bits per heavy atom. The molecule has 0 aromatic heterocycles. The highest BCUT2D eigenvalue weighted by Gasteiger charge is 2.43. The first-order valence-corrected chi connectivity index (χ1v) is 12.4. The first-order chi connectivity index (χ1) is 18.1. The number of carbonyl (C=O) groups is 1. The highest BCUT2D eigenvalue weighted by molar-refractivity contribution is 5.90. The fraction of sp³-hybridized carbons (Fsp3) is 0.281. The van der Waals surface area contributed by atoms with Gasteiger partial charge in [0, 0.05) is 17.5 Å². The van der Waals surface area contributed by atoms with Crippen LogP contribution < -0.4 is 9.64 Å². The number of anilines is 1. The van der Waals surface area contributed by atoms with E-state index in [-0.39, 0.29) is 0 Å². The van der Waals surface area contributed by atoms with Gasteiger partial charge in [0.05, 0.1) is 24.9 Å². The van der Waals surface area contributed by atoms with Crippen molar-refractivity contribution in [1.82, 2.24) is 0 Å². The van der Waals surface area contributed by atoms with E-state index in [0.717, 1.165) is 11.1 Å². The molecule has 0 unspecified atom stereocenters. The number of amides is 1. The molecule has 0 saturated heterocycles. The summed E-state index contributed by atoms with van der Waals surface area (Å²) >= 11 is 0. The Balaban J connectivity index is 2.20. The van der Waals surface area contributed by atoms with Crippen molar-refractivity contribution in [3.05, 3.63) is 108 Å². The third-order valence-electron chi connectivity index (χ3n) is 6.43. The van der Waals surface area contributed by atoms with Crippen LogP contribution in [0.5, 0.6) is 5.75 Å². The second-order valence-electron chi connectivity index (χ2n) is 10.1. The Bertz CT molecular complexity index is 1300. The van der Waals surface area contributed by atoms with E-state index in [1.165, 1.54) is 4.90 Å². The van der Waals surface area contributed by atoms with Gasteiger partial charge in [-0.1, -0.05) is 73.7 Å². The fourth-order valence-electron chi connectivity index (χ4n) is 4.42. The second-order valence-corrected chi connectivity index (χ2v) is 10.1. The van der Waals surface area contributed by atoms with Crippen LogP contribution >= 0.6 is 0 Å². The molecule has 38 heavy (non-hydrogen) atoms. The van der Waals surface area contributed by atoms with E-state index in [1.807, 2.05) is 94.4 Å². The maximum Gasteiger partial charge on any atom is 0.418 e. The van der Waals surface area contributed by atoms with Crippen molar-refractivity contribution in [3.8, 4) is 17.9 Å². The van der Waals surface area contributed by atoms with Gasteiger partial charge in [-0.3, -0.25) is 4.90 Å². The number of nitrogens with zero attached hydrogens (tertiary/aromatic N) is 3. The van der Waals surface area contributed by atoms with Crippen molar-refractivity contribution in [1.29, 1.82) is 10.5 Å². The van der Waals surface area contributed by atoms with E-state index in [4.69, 9.17) is 9.47 Å². The first kappa shape index (κ1) is 28.0. The van der Waals surface area contributed by atoms with Gasteiger partial charge in [0.2, 0.25) is 0 Å². The minimum Gasteiger partial charge on any atom is -0.497 e. The average Bonchev–Trinajstić information content (AvgIpc) is 2.91. The van der Waals surface area contributed by atoms with E-state index in [9.17, 15) is 15.3 Å². The maximum atomic E-state index is 13.3. The summed E-state index contributed by atoms with van der Waals surface area (Å²) in [7, 11) is 1.58. The van der Waals surface area contributed by atoms with E-state index in [1.54, 1.807) is 37.6 Å². The molecule has 0 fully saturated rings. The monoisotopic (exact) mass is 507 g/mol. The summed E-state index contributed by atoms with van der Waals surface area (Å²) in [6.07, 6.45) is 2.99. The van der Waals surface area contributed by atoms with Crippen molar-refractivity contribution < 1.29 is 14.3 Å². The largest absolute Gasteiger partial charge is 0.497 e. The van der Waals surface area contributed by atoms with Gasteiger partial charge in [0.1, 0.15) is 17.3 Å². The molecule has 0 bridgehead atoms. The van der Waals surface area contributed by atoms with Crippen LogP contribution in [-0.4, -0.2) is 18.8 Å². The molecule has 194 valence electrons. The number of ether oxygens (including phenoxy) is 2. The van der Waals surface area contributed by atoms with E-state index >= 15 is 0 Å². The van der Waals surface area contributed by atoms with Gasteiger partial charge < -0.3 is 9.47 Å². The SMILES string of the molecule is COc1ccc(N(/C=C/[C@@H](c2ccccc2)[C@](C)(c2ccccc2)C(C#N)C#N)C(=O)OC(C)(C)C)cc1. The Kier molecular flexibility index (Phi) is 8.94. The number of hydrogen-bond donors (Lipinski definition) is 0. The zero-order valence-electron chi connectivity index (χ0n) is 22.5. The van der Waals surface area contributed by atoms with Crippen LogP contribution in [0.2, 0.25) is 0 Å². The highest BCUT2D eigenvalue weighted by atomic mass is 16.6. The Morgan fingerprint density at radius 2 is 1.42 bits per heavy atom. The molecule has 0 saturated carbocycles. The van der Waals surface area contributed by atoms with Crippen molar-refractivity contribution >= 4 is 11.8 Å². The lowest BCUT2D eigenvalue weighted by atomic mass is 9.62. The number of allylic oxidation sites excluding steroid dienone is 1. The van der Waals surface area contributed by atoms with Gasteiger partial charge in [0.15, 0.2) is 0 Å². The van der Waals surface area contributed by atoms with Crippen LogP contribution in [0.25, 0.3) is 0 Å². The molecule has 3 aromatic rings. The summed E-state index contributed by atoms with van der Waals surface area (Å²) < 4.78 is 11.0. The molecule has 0 radical (unpaired) electrons. The average molecular weight is 508 g/mol. The molecule has 0 aliphatic heterocycles. The molecule has 2 atom stereocenters. The molecule has 0 heterocycles. The Morgan fingerprint density at radius 1 is 0.868 bits per heavy atom. The quantitative estimate of drug-likeness (QED) is 0.318. The summed E-state index contributed by atoms with van der Waals surface area (Å²) in [5.74, 6) is -0.735. The van der Waals surface area contributed by atoms with E-state index in [2.05, 4.69) is 12.1 Å². The second kappa shape index (κ2) is 12.1. The minimum atomic E-state index is -0.962. The van der Waals surface area contributed by atoms with Crippen LogP contribution in [-0.2, 0) is 10.2 Å². The van der Waals surface area contributed by atoms with Gasteiger partial charge in [-0.2, -0.15) is 10.5 Å². The molecule has 0 aliphatic rings. The number of rotatable bonds is 8. The standard InChI is InChI=1S/C32H33N3O3/c1-31(2,3)38-30(36)35(27-16-18-28(37-5)19-17-27)21-20-29(24-12-8-6-9-13-24)32(4,26(22-33)23-34)25-14-10-7-11-15-25/h6-21,26,29H,1-5H3/b21-20+/t29-,32+/m0/s1. The van der Waals surface area contributed by atoms with Crippen LogP contribution in [0, 0.1) is 28.6 Å². The summed E-state index contributed by atoms with van der Waals surface area (Å²) in [6, 6.07) is 30.8. The molecular formula is C32H33N3O3. The summed E-state index contributed by atoms with van der Waals surface area (Å²) in [6.45, 7) is 7.35. The third kappa shape index (κ3) is 6.41.